The first-order valence-electron chi connectivity index (χ1n) is 6.37. The minimum absolute atomic E-state index is 0.415. The number of benzene rings is 1. The summed E-state index contributed by atoms with van der Waals surface area (Å²) in [5, 5.41) is 40.0. The monoisotopic (exact) mass is 378 g/mol. The van der Waals surface area contributed by atoms with Gasteiger partial charge in [0.05, 0.1) is 29.1 Å². The Labute approximate surface area is 142 Å². The quantitative estimate of drug-likeness (QED) is 0.384. The van der Waals surface area contributed by atoms with Gasteiger partial charge in [0, 0.05) is 0 Å². The number of nitro groups is 2. The number of hydrogen-bond donors (Lipinski definition) is 0. The minimum Gasteiger partial charge on any atom is -0.491 e. The van der Waals surface area contributed by atoms with Crippen molar-refractivity contribution in [2.24, 2.45) is 0 Å². The van der Waals surface area contributed by atoms with E-state index in [9.17, 15) is 40.5 Å². The van der Waals surface area contributed by atoms with E-state index < -0.39 is 62.2 Å². The van der Waals surface area contributed by atoms with Crippen molar-refractivity contribution in [3.8, 4) is 11.5 Å². The van der Waals surface area contributed by atoms with Crippen molar-refractivity contribution in [3.63, 3.8) is 0 Å². The molecule has 0 saturated heterocycles. The maximum atomic E-state index is 11.0. The molecule has 0 fully saturated rings. The van der Waals surface area contributed by atoms with Crippen molar-refractivity contribution in [3.05, 3.63) is 52.6 Å². The number of nitrogens with zero attached hydrogens (tertiary/aromatic N) is 4. The van der Waals surface area contributed by atoms with Crippen molar-refractivity contribution in [1.29, 1.82) is 0 Å². The number of ether oxygens (including phenoxy) is 2. The highest BCUT2D eigenvalue weighted by molar-refractivity contribution is 5.63. The van der Waals surface area contributed by atoms with Gasteiger partial charge in [-0.2, -0.15) is 0 Å². The lowest BCUT2D eigenvalue weighted by Crippen LogP contribution is -2.30. The van der Waals surface area contributed by atoms with Crippen LogP contribution in [0.15, 0.2) is 12.1 Å². The molecule has 0 N–H and O–H groups in total. The summed E-state index contributed by atoms with van der Waals surface area (Å²) in [6.45, 7) is -1.61. The Hall–Kier alpha value is -3.98. The van der Waals surface area contributed by atoms with Crippen molar-refractivity contribution in [1.82, 2.24) is 0 Å². The fourth-order valence-electron chi connectivity index (χ4n) is 1.70. The lowest BCUT2D eigenvalue weighted by Gasteiger charge is -2.15. The van der Waals surface area contributed by atoms with E-state index in [-0.39, 0.29) is 0 Å². The summed E-state index contributed by atoms with van der Waals surface area (Å²) in [4.78, 5) is 48.6. The Morgan fingerprint density at radius 3 is 1.85 bits per heavy atom. The third-order valence-electron chi connectivity index (χ3n) is 2.66. The molecule has 1 atom stereocenters. The third kappa shape index (κ3) is 5.58. The molecule has 16 heteroatoms. The average molecular weight is 378 g/mol. The number of rotatable bonds is 11. The zero-order valence-electron chi connectivity index (χ0n) is 12.8. The van der Waals surface area contributed by atoms with Gasteiger partial charge in [0.25, 0.3) is 15.9 Å². The fourth-order valence-corrected chi connectivity index (χ4v) is 1.70. The van der Waals surface area contributed by atoms with E-state index in [0.717, 1.165) is 19.2 Å². The van der Waals surface area contributed by atoms with Crippen LogP contribution >= 0.6 is 0 Å². The fraction of sp³-hybridized carbons (Fsp3) is 0.400. The van der Waals surface area contributed by atoms with Crippen LogP contribution in [0.1, 0.15) is 0 Å². The summed E-state index contributed by atoms with van der Waals surface area (Å²) in [5.41, 5.74) is -1.57. The lowest BCUT2D eigenvalue weighted by molar-refractivity contribution is -0.790. The molecular weight excluding hydrogens is 368 g/mol. The van der Waals surface area contributed by atoms with E-state index in [0.29, 0.717) is 0 Å². The van der Waals surface area contributed by atoms with Crippen LogP contribution in [0, 0.1) is 40.5 Å². The van der Waals surface area contributed by atoms with E-state index >= 15 is 0 Å². The molecule has 0 aliphatic rings. The average Bonchev–Trinajstić information content (AvgIpc) is 2.55. The van der Waals surface area contributed by atoms with Gasteiger partial charge in [0.15, 0.2) is 6.10 Å². The van der Waals surface area contributed by atoms with Crippen LogP contribution in [0.25, 0.3) is 0 Å². The van der Waals surface area contributed by atoms with E-state index in [1.807, 2.05) is 0 Å². The highest BCUT2D eigenvalue weighted by Gasteiger charge is 2.29. The first-order valence-corrected chi connectivity index (χ1v) is 6.37. The lowest BCUT2D eigenvalue weighted by atomic mass is 10.2. The summed E-state index contributed by atoms with van der Waals surface area (Å²) < 4.78 is 9.64. The predicted molar refractivity (Wildman–Crippen MR) is 76.6 cm³/mol. The normalized spacial score (nSPS) is 11.1. The van der Waals surface area contributed by atoms with Gasteiger partial charge < -0.3 is 19.1 Å². The van der Waals surface area contributed by atoms with Gasteiger partial charge in [-0.25, -0.2) is 0 Å². The van der Waals surface area contributed by atoms with Gasteiger partial charge in [-0.15, -0.1) is 20.2 Å². The van der Waals surface area contributed by atoms with E-state index in [4.69, 9.17) is 4.74 Å². The van der Waals surface area contributed by atoms with Gasteiger partial charge in [-0.3, -0.25) is 20.2 Å². The molecule has 26 heavy (non-hydrogen) atoms. The zero-order valence-corrected chi connectivity index (χ0v) is 12.8. The maximum Gasteiger partial charge on any atom is 0.321 e. The topological polar surface area (TPSA) is 209 Å². The summed E-state index contributed by atoms with van der Waals surface area (Å²) in [5.74, 6) is -1.04. The summed E-state index contributed by atoms with van der Waals surface area (Å²) in [7, 11) is 0.992. The second kappa shape index (κ2) is 8.76. The van der Waals surface area contributed by atoms with E-state index in [1.54, 1.807) is 0 Å². The largest absolute Gasteiger partial charge is 0.491 e. The van der Waals surface area contributed by atoms with Crippen LogP contribution in [0.4, 0.5) is 11.4 Å². The number of methoxy groups -OCH3 is 1. The highest BCUT2D eigenvalue weighted by Crippen LogP contribution is 2.40. The van der Waals surface area contributed by atoms with Crippen LogP contribution in [0.2, 0.25) is 0 Å². The Kier molecular flexibility index (Phi) is 6.76. The molecule has 0 amide bonds. The Morgan fingerprint density at radius 1 is 0.923 bits per heavy atom. The van der Waals surface area contributed by atoms with Crippen molar-refractivity contribution >= 4 is 11.4 Å². The van der Waals surface area contributed by atoms with E-state index in [1.165, 1.54) is 0 Å². The minimum atomic E-state index is -1.57. The summed E-state index contributed by atoms with van der Waals surface area (Å²) >= 11 is 0. The summed E-state index contributed by atoms with van der Waals surface area (Å²) in [6.07, 6.45) is -1.57. The molecule has 1 unspecified atom stereocenters. The second-order valence-corrected chi connectivity index (χ2v) is 4.29. The van der Waals surface area contributed by atoms with Gasteiger partial charge in [-0.1, -0.05) is 0 Å². The molecule has 1 aromatic carbocycles. The zero-order chi connectivity index (χ0) is 19.9. The molecule has 142 valence electrons. The Bertz CT molecular complexity index is 687. The first kappa shape index (κ1) is 20.1. The van der Waals surface area contributed by atoms with E-state index in [2.05, 4.69) is 14.4 Å². The molecule has 0 saturated carbocycles. The van der Waals surface area contributed by atoms with Crippen molar-refractivity contribution in [2.75, 3.05) is 20.3 Å². The molecule has 0 aliphatic heterocycles. The predicted octanol–water partition coefficient (Wildman–Crippen LogP) is 0.676. The highest BCUT2D eigenvalue weighted by atomic mass is 17.0. The Morgan fingerprint density at radius 2 is 1.46 bits per heavy atom. The molecule has 1 aromatic rings. The maximum absolute atomic E-state index is 11.0. The standard InChI is InChI=1S/C10H10N4O12/c1-23-10-8(11(15)16)2-6(3-9(10)12(17)18)24-4-7(26-14(21)22)5-25-13(19)20/h2-3,7H,4-5H2,1H3. The van der Waals surface area contributed by atoms with Crippen molar-refractivity contribution in [2.45, 2.75) is 6.10 Å². The molecule has 0 bridgehead atoms. The molecule has 16 nitrogen and oxygen atoms in total. The smallest absolute Gasteiger partial charge is 0.321 e. The third-order valence-corrected chi connectivity index (χ3v) is 2.66. The van der Waals surface area contributed by atoms with Gasteiger partial charge in [0.2, 0.25) is 0 Å². The molecule has 1 rings (SSSR count). The van der Waals surface area contributed by atoms with Crippen LogP contribution in [-0.2, 0) is 9.68 Å². The SMILES string of the molecule is COc1c([N+](=O)[O-])cc(OCC(CO[N+](=O)[O-])O[N+](=O)[O-])cc1[N+](=O)[O-]. The molecular formula is C10H10N4O12. The molecule has 0 heterocycles. The first-order chi connectivity index (χ1) is 12.1. The molecule has 0 radical (unpaired) electrons. The number of nitro benzene ring substituents is 2. The van der Waals surface area contributed by atoms with Gasteiger partial charge in [-0.05, 0) is 0 Å². The Balaban J connectivity index is 3.06. The van der Waals surface area contributed by atoms with Crippen LogP contribution in [0.5, 0.6) is 11.5 Å². The summed E-state index contributed by atoms with van der Waals surface area (Å²) in [6, 6.07) is 1.56. The van der Waals surface area contributed by atoms with Gasteiger partial charge >= 0.3 is 11.4 Å². The van der Waals surface area contributed by atoms with Crippen LogP contribution in [-0.4, -0.2) is 46.4 Å². The van der Waals surface area contributed by atoms with Crippen LogP contribution in [0.3, 0.4) is 0 Å². The molecule has 0 aliphatic carbocycles. The van der Waals surface area contributed by atoms with Crippen LogP contribution < -0.4 is 9.47 Å². The van der Waals surface area contributed by atoms with Gasteiger partial charge in [0.1, 0.15) is 19.0 Å². The van der Waals surface area contributed by atoms with Crippen molar-refractivity contribution < 1.29 is 39.2 Å². The second-order valence-electron chi connectivity index (χ2n) is 4.29. The molecule has 0 spiro atoms. The molecule has 0 aromatic heterocycles. The number of hydrogen-bond acceptors (Lipinski definition) is 12.